The fourth-order valence-corrected chi connectivity index (χ4v) is 2.12. The molecule has 0 aromatic carbocycles. The monoisotopic (exact) mass is 251 g/mol. The molecule has 0 spiro atoms. The highest BCUT2D eigenvalue weighted by molar-refractivity contribution is 5.52. The molecular formula is C12H21N5O. The lowest BCUT2D eigenvalue weighted by molar-refractivity contribution is 0.154. The van der Waals surface area contributed by atoms with Crippen LogP contribution in [0.25, 0.3) is 0 Å². The highest BCUT2D eigenvalue weighted by atomic mass is 16.3. The van der Waals surface area contributed by atoms with Gasteiger partial charge in [0.1, 0.15) is 11.6 Å². The first-order valence-electron chi connectivity index (χ1n) is 6.50. The molecule has 0 amide bonds. The van der Waals surface area contributed by atoms with E-state index in [-0.39, 0.29) is 12.1 Å². The minimum absolute atomic E-state index is 0.270. The maximum Gasteiger partial charge on any atom is 0.223 e. The number of hydrogen-bond donors (Lipinski definition) is 3. The summed E-state index contributed by atoms with van der Waals surface area (Å²) in [5.41, 5.74) is 5.72. The van der Waals surface area contributed by atoms with E-state index in [9.17, 15) is 5.11 Å². The Morgan fingerprint density at radius 1 is 1.56 bits per heavy atom. The summed E-state index contributed by atoms with van der Waals surface area (Å²) in [5, 5.41) is 12.9. The van der Waals surface area contributed by atoms with Gasteiger partial charge in [0.25, 0.3) is 0 Å². The van der Waals surface area contributed by atoms with E-state index in [4.69, 9.17) is 5.73 Å². The SMILES string of the molecule is CCCNc1cc(N2CCCC(O)C2)nc(N)n1. The van der Waals surface area contributed by atoms with Gasteiger partial charge in [0, 0.05) is 25.7 Å². The molecule has 100 valence electrons. The normalized spacial score (nSPS) is 19.9. The molecule has 1 aliphatic heterocycles. The van der Waals surface area contributed by atoms with Crippen LogP contribution in [0, 0.1) is 0 Å². The fraction of sp³-hybridized carbons (Fsp3) is 0.667. The molecule has 1 aliphatic rings. The van der Waals surface area contributed by atoms with Crippen LogP contribution in [0.15, 0.2) is 6.07 Å². The third-order valence-corrected chi connectivity index (χ3v) is 3.01. The summed E-state index contributed by atoms with van der Waals surface area (Å²) in [6, 6.07) is 1.89. The Bertz CT molecular complexity index is 398. The number of aliphatic hydroxyl groups is 1. The van der Waals surface area contributed by atoms with Crippen LogP contribution in [0.5, 0.6) is 0 Å². The standard InChI is InChI=1S/C12H21N5O/c1-2-5-14-10-7-11(16-12(13)15-10)17-6-3-4-9(18)8-17/h7,9,18H,2-6,8H2,1H3,(H3,13,14,15,16). The fourth-order valence-electron chi connectivity index (χ4n) is 2.12. The van der Waals surface area contributed by atoms with Crippen LogP contribution >= 0.6 is 0 Å². The molecule has 1 atom stereocenters. The molecule has 1 aromatic heterocycles. The van der Waals surface area contributed by atoms with Gasteiger partial charge < -0.3 is 21.1 Å². The quantitative estimate of drug-likeness (QED) is 0.735. The molecule has 2 rings (SSSR count). The zero-order valence-electron chi connectivity index (χ0n) is 10.8. The van der Waals surface area contributed by atoms with Gasteiger partial charge in [0.2, 0.25) is 5.95 Å². The largest absolute Gasteiger partial charge is 0.391 e. The van der Waals surface area contributed by atoms with Crippen molar-refractivity contribution in [1.82, 2.24) is 9.97 Å². The van der Waals surface area contributed by atoms with Gasteiger partial charge in [-0.15, -0.1) is 0 Å². The zero-order chi connectivity index (χ0) is 13.0. The number of nitrogens with zero attached hydrogens (tertiary/aromatic N) is 3. The number of aliphatic hydroxyl groups excluding tert-OH is 1. The maximum absolute atomic E-state index is 9.69. The van der Waals surface area contributed by atoms with E-state index in [1.165, 1.54) is 0 Å². The number of piperidine rings is 1. The number of nitrogen functional groups attached to an aromatic ring is 1. The van der Waals surface area contributed by atoms with E-state index in [2.05, 4.69) is 27.1 Å². The van der Waals surface area contributed by atoms with Crippen molar-refractivity contribution >= 4 is 17.6 Å². The van der Waals surface area contributed by atoms with Crippen LogP contribution in [-0.2, 0) is 0 Å². The number of anilines is 3. The molecule has 1 saturated heterocycles. The van der Waals surface area contributed by atoms with Gasteiger partial charge in [-0.1, -0.05) is 6.92 Å². The summed E-state index contributed by atoms with van der Waals surface area (Å²) in [7, 11) is 0. The number of nitrogens with two attached hydrogens (primary N) is 1. The lowest BCUT2D eigenvalue weighted by atomic mass is 10.1. The van der Waals surface area contributed by atoms with E-state index < -0.39 is 0 Å². The van der Waals surface area contributed by atoms with Crippen molar-refractivity contribution in [3.63, 3.8) is 0 Å². The van der Waals surface area contributed by atoms with Gasteiger partial charge in [-0.05, 0) is 19.3 Å². The first-order chi connectivity index (χ1) is 8.69. The summed E-state index contributed by atoms with van der Waals surface area (Å²) in [6.07, 6.45) is 2.59. The minimum Gasteiger partial charge on any atom is -0.391 e. The van der Waals surface area contributed by atoms with Gasteiger partial charge in [-0.25, -0.2) is 0 Å². The molecule has 4 N–H and O–H groups in total. The third-order valence-electron chi connectivity index (χ3n) is 3.01. The summed E-state index contributed by atoms with van der Waals surface area (Å²) in [6.45, 7) is 4.47. The lowest BCUT2D eigenvalue weighted by Crippen LogP contribution is -2.38. The summed E-state index contributed by atoms with van der Waals surface area (Å²) in [5.74, 6) is 1.81. The third kappa shape index (κ3) is 3.22. The Hall–Kier alpha value is -1.56. The average molecular weight is 251 g/mol. The summed E-state index contributed by atoms with van der Waals surface area (Å²) >= 11 is 0. The van der Waals surface area contributed by atoms with E-state index in [1.54, 1.807) is 0 Å². The number of hydrogen-bond acceptors (Lipinski definition) is 6. The average Bonchev–Trinajstić information content (AvgIpc) is 2.36. The van der Waals surface area contributed by atoms with Crippen molar-refractivity contribution < 1.29 is 5.11 Å². The minimum atomic E-state index is -0.276. The first kappa shape index (κ1) is 12.9. The van der Waals surface area contributed by atoms with Crippen LogP contribution in [0.4, 0.5) is 17.6 Å². The second-order valence-electron chi connectivity index (χ2n) is 4.64. The molecule has 0 aliphatic carbocycles. The molecule has 0 radical (unpaired) electrons. The van der Waals surface area contributed by atoms with Crippen LogP contribution in [-0.4, -0.2) is 40.8 Å². The molecular weight excluding hydrogens is 230 g/mol. The number of aromatic nitrogens is 2. The van der Waals surface area contributed by atoms with Crippen molar-refractivity contribution in [3.05, 3.63) is 6.07 Å². The Labute approximate surface area is 107 Å². The first-order valence-corrected chi connectivity index (χ1v) is 6.50. The molecule has 6 nitrogen and oxygen atoms in total. The van der Waals surface area contributed by atoms with E-state index in [1.807, 2.05) is 6.07 Å². The van der Waals surface area contributed by atoms with Crippen LogP contribution in [0.2, 0.25) is 0 Å². The molecule has 0 saturated carbocycles. The van der Waals surface area contributed by atoms with Gasteiger partial charge in [-0.2, -0.15) is 9.97 Å². The van der Waals surface area contributed by atoms with E-state index in [0.717, 1.165) is 44.0 Å². The van der Waals surface area contributed by atoms with E-state index >= 15 is 0 Å². The number of rotatable bonds is 4. The van der Waals surface area contributed by atoms with Crippen molar-refractivity contribution in [2.45, 2.75) is 32.3 Å². The highest BCUT2D eigenvalue weighted by Gasteiger charge is 2.19. The van der Waals surface area contributed by atoms with Gasteiger partial charge >= 0.3 is 0 Å². The van der Waals surface area contributed by atoms with E-state index in [0.29, 0.717) is 6.54 Å². The van der Waals surface area contributed by atoms with Crippen LogP contribution in [0.3, 0.4) is 0 Å². The second kappa shape index (κ2) is 5.86. The van der Waals surface area contributed by atoms with Crippen molar-refractivity contribution in [1.29, 1.82) is 0 Å². The number of β-amino-alcohol motifs (C(OH)–C–C–N with tert-alkyl or cyclic N) is 1. The molecule has 1 unspecified atom stereocenters. The lowest BCUT2D eigenvalue weighted by Gasteiger charge is -2.31. The van der Waals surface area contributed by atoms with Crippen LogP contribution in [0.1, 0.15) is 26.2 Å². The predicted octanol–water partition coefficient (Wildman–Crippen LogP) is 0.842. The molecule has 2 heterocycles. The second-order valence-corrected chi connectivity index (χ2v) is 4.64. The molecule has 6 heteroatoms. The zero-order valence-corrected chi connectivity index (χ0v) is 10.8. The van der Waals surface area contributed by atoms with Crippen LogP contribution < -0.4 is 16.0 Å². The molecule has 0 bridgehead atoms. The highest BCUT2D eigenvalue weighted by Crippen LogP contribution is 2.21. The predicted molar refractivity (Wildman–Crippen MR) is 72.7 cm³/mol. The van der Waals surface area contributed by atoms with Gasteiger partial charge in [0.15, 0.2) is 0 Å². The Morgan fingerprint density at radius 3 is 3.11 bits per heavy atom. The van der Waals surface area contributed by atoms with Crippen molar-refractivity contribution in [2.24, 2.45) is 0 Å². The summed E-state index contributed by atoms with van der Waals surface area (Å²) < 4.78 is 0. The smallest absolute Gasteiger partial charge is 0.223 e. The Kier molecular flexibility index (Phi) is 4.19. The maximum atomic E-state index is 9.69. The van der Waals surface area contributed by atoms with Crippen molar-refractivity contribution in [2.75, 3.05) is 35.6 Å². The van der Waals surface area contributed by atoms with Gasteiger partial charge in [-0.3, -0.25) is 0 Å². The number of nitrogens with one attached hydrogen (secondary N) is 1. The van der Waals surface area contributed by atoms with Crippen molar-refractivity contribution in [3.8, 4) is 0 Å². The molecule has 18 heavy (non-hydrogen) atoms. The molecule has 1 fully saturated rings. The Morgan fingerprint density at radius 2 is 2.39 bits per heavy atom. The topological polar surface area (TPSA) is 87.3 Å². The Balaban J connectivity index is 2.13. The summed E-state index contributed by atoms with van der Waals surface area (Å²) in [4.78, 5) is 10.5. The molecule has 1 aromatic rings. The van der Waals surface area contributed by atoms with Gasteiger partial charge in [0.05, 0.1) is 6.10 Å².